The van der Waals surface area contributed by atoms with Gasteiger partial charge in [-0.15, -0.1) is 11.3 Å². The van der Waals surface area contributed by atoms with Crippen molar-refractivity contribution in [3.8, 4) is 16.8 Å². The van der Waals surface area contributed by atoms with Crippen LogP contribution in [0, 0.1) is 0 Å². The minimum absolute atomic E-state index is 0.0470. The van der Waals surface area contributed by atoms with E-state index in [0.717, 1.165) is 0 Å². The van der Waals surface area contributed by atoms with Crippen molar-refractivity contribution in [3.05, 3.63) is 89.9 Å². The highest BCUT2D eigenvalue weighted by atomic mass is 32.1. The Labute approximate surface area is 169 Å². The number of para-hydroxylation sites is 1. The van der Waals surface area contributed by atoms with Crippen LogP contribution in [0.5, 0.6) is 0 Å². The number of hydrogen-bond acceptors (Lipinski definition) is 1. The molecule has 0 saturated carbocycles. The zero-order chi connectivity index (χ0) is 19.3. The summed E-state index contributed by atoms with van der Waals surface area (Å²) in [5, 5.41) is 4.80. The second-order valence-corrected chi connectivity index (χ2v) is 9.29. The lowest BCUT2D eigenvalue weighted by molar-refractivity contribution is 0.560. The van der Waals surface area contributed by atoms with Crippen molar-refractivity contribution in [3.63, 3.8) is 0 Å². The van der Waals surface area contributed by atoms with Crippen molar-refractivity contribution in [1.82, 2.24) is 4.57 Å². The van der Waals surface area contributed by atoms with Crippen molar-refractivity contribution < 1.29 is 0 Å². The predicted octanol–water partition coefficient (Wildman–Crippen LogP) is 7.81. The highest BCUT2D eigenvalue weighted by molar-refractivity contribution is 7.17. The van der Waals surface area contributed by atoms with Gasteiger partial charge in [0.25, 0.3) is 0 Å². The number of thiophene rings is 1. The van der Waals surface area contributed by atoms with Gasteiger partial charge in [-0.3, -0.25) is 0 Å². The molecule has 28 heavy (non-hydrogen) atoms. The van der Waals surface area contributed by atoms with Crippen molar-refractivity contribution in [2.45, 2.75) is 26.2 Å². The van der Waals surface area contributed by atoms with Gasteiger partial charge in [0, 0.05) is 16.5 Å². The van der Waals surface area contributed by atoms with E-state index in [2.05, 4.69) is 110 Å². The Bertz CT molecular complexity index is 1280. The van der Waals surface area contributed by atoms with Crippen molar-refractivity contribution in [2.24, 2.45) is 0 Å². The van der Waals surface area contributed by atoms with E-state index in [4.69, 9.17) is 0 Å². The molecule has 0 aliphatic carbocycles. The lowest BCUT2D eigenvalue weighted by atomic mass is 9.91. The molecule has 0 radical (unpaired) electrons. The van der Waals surface area contributed by atoms with Crippen LogP contribution in [0.25, 0.3) is 37.8 Å². The third-order valence-electron chi connectivity index (χ3n) is 5.36. The summed E-state index contributed by atoms with van der Waals surface area (Å²) in [5.74, 6) is 0. The first-order valence-electron chi connectivity index (χ1n) is 9.70. The smallest absolute Gasteiger partial charge is 0.0643 e. The molecule has 0 atom stereocenters. The van der Waals surface area contributed by atoms with Crippen LogP contribution in [0.1, 0.15) is 26.5 Å². The average Bonchev–Trinajstić information content (AvgIpc) is 3.32. The largest absolute Gasteiger partial charge is 0.312 e. The number of aromatic nitrogens is 1. The third kappa shape index (κ3) is 2.76. The highest BCUT2D eigenvalue weighted by Gasteiger charge is 2.23. The molecule has 2 aromatic heterocycles. The molecule has 0 bridgehead atoms. The van der Waals surface area contributed by atoms with Gasteiger partial charge in [0.2, 0.25) is 0 Å². The van der Waals surface area contributed by atoms with Crippen LogP contribution >= 0.6 is 11.3 Å². The summed E-state index contributed by atoms with van der Waals surface area (Å²) < 4.78 is 3.81. The third-order valence-corrected chi connectivity index (χ3v) is 6.31. The lowest BCUT2D eigenvalue weighted by Gasteiger charge is -2.23. The molecule has 0 aliphatic rings. The van der Waals surface area contributed by atoms with Gasteiger partial charge in [0.1, 0.15) is 0 Å². The molecule has 1 nitrogen and oxygen atoms in total. The SMILES string of the molecule is CC(C)(C)c1cc2ccccc2n1-c1cc(-c2ccccc2)cc2ccsc12. The maximum Gasteiger partial charge on any atom is 0.0643 e. The van der Waals surface area contributed by atoms with Gasteiger partial charge < -0.3 is 4.57 Å². The van der Waals surface area contributed by atoms with Crippen LogP contribution in [0.15, 0.2) is 84.2 Å². The van der Waals surface area contributed by atoms with Gasteiger partial charge >= 0.3 is 0 Å². The quantitative estimate of drug-likeness (QED) is 0.294. The average molecular weight is 382 g/mol. The second-order valence-electron chi connectivity index (χ2n) is 8.37. The van der Waals surface area contributed by atoms with E-state index >= 15 is 0 Å². The molecule has 0 saturated heterocycles. The number of fused-ring (bicyclic) bond motifs is 2. The Hall–Kier alpha value is -2.84. The summed E-state index contributed by atoms with van der Waals surface area (Å²) in [6.07, 6.45) is 0. The van der Waals surface area contributed by atoms with Crippen LogP contribution in [-0.4, -0.2) is 4.57 Å². The van der Waals surface area contributed by atoms with E-state index < -0.39 is 0 Å². The Kier molecular flexibility index (Phi) is 3.92. The van der Waals surface area contributed by atoms with Gasteiger partial charge in [0.15, 0.2) is 0 Å². The molecule has 0 unspecified atom stereocenters. The van der Waals surface area contributed by atoms with Gasteiger partial charge in [-0.1, -0.05) is 69.3 Å². The molecule has 2 heteroatoms. The maximum atomic E-state index is 2.47. The zero-order valence-corrected chi connectivity index (χ0v) is 17.3. The van der Waals surface area contributed by atoms with Crippen LogP contribution in [0.4, 0.5) is 0 Å². The van der Waals surface area contributed by atoms with Crippen LogP contribution < -0.4 is 0 Å². The fourth-order valence-electron chi connectivity index (χ4n) is 3.99. The van der Waals surface area contributed by atoms with E-state index in [1.165, 1.54) is 43.5 Å². The van der Waals surface area contributed by atoms with Gasteiger partial charge in [-0.25, -0.2) is 0 Å². The van der Waals surface area contributed by atoms with Gasteiger partial charge in [-0.2, -0.15) is 0 Å². The number of hydrogen-bond donors (Lipinski definition) is 0. The molecular formula is C26H23NS. The van der Waals surface area contributed by atoms with E-state index in [-0.39, 0.29) is 5.41 Å². The van der Waals surface area contributed by atoms with E-state index in [1.807, 2.05) is 11.3 Å². The molecule has 5 rings (SSSR count). The number of nitrogens with zero attached hydrogens (tertiary/aromatic N) is 1. The molecule has 0 fully saturated rings. The summed E-state index contributed by atoms with van der Waals surface area (Å²) in [6, 6.07) is 28.6. The Morgan fingerprint density at radius 3 is 2.25 bits per heavy atom. The van der Waals surface area contributed by atoms with Crippen LogP contribution in [0.2, 0.25) is 0 Å². The monoisotopic (exact) mass is 381 g/mol. The molecule has 5 aromatic rings. The minimum atomic E-state index is 0.0470. The van der Waals surface area contributed by atoms with Gasteiger partial charge in [0.05, 0.1) is 15.9 Å². The molecule has 138 valence electrons. The van der Waals surface area contributed by atoms with Crippen LogP contribution in [-0.2, 0) is 5.41 Å². The first-order chi connectivity index (χ1) is 13.5. The van der Waals surface area contributed by atoms with E-state index in [0.29, 0.717) is 0 Å². The standard InChI is InChI=1S/C26H23NS/c1-26(2,3)24-17-19-11-7-8-12-22(19)27(24)23-16-21(18-9-5-4-6-10-18)15-20-13-14-28-25(20)23/h4-17H,1-3H3. The zero-order valence-electron chi connectivity index (χ0n) is 16.4. The number of rotatable bonds is 2. The van der Waals surface area contributed by atoms with E-state index in [9.17, 15) is 0 Å². The number of benzene rings is 3. The van der Waals surface area contributed by atoms with Gasteiger partial charge in [-0.05, 0) is 52.2 Å². The topological polar surface area (TPSA) is 4.93 Å². The summed E-state index contributed by atoms with van der Waals surface area (Å²) in [6.45, 7) is 6.89. The molecule has 0 amide bonds. The summed E-state index contributed by atoms with van der Waals surface area (Å²) >= 11 is 1.82. The Morgan fingerprint density at radius 1 is 0.714 bits per heavy atom. The van der Waals surface area contributed by atoms with E-state index in [1.54, 1.807) is 0 Å². The Morgan fingerprint density at radius 2 is 1.46 bits per heavy atom. The first kappa shape index (κ1) is 17.3. The Balaban J connectivity index is 1.89. The normalized spacial score (nSPS) is 12.1. The molecule has 2 heterocycles. The molecule has 0 aliphatic heterocycles. The fourth-order valence-corrected chi connectivity index (χ4v) is 4.88. The predicted molar refractivity (Wildman–Crippen MR) is 123 cm³/mol. The lowest BCUT2D eigenvalue weighted by Crippen LogP contribution is -2.16. The summed E-state index contributed by atoms with van der Waals surface area (Å²) in [5.41, 5.74) is 6.45. The fraction of sp³-hybridized carbons (Fsp3) is 0.154. The summed E-state index contributed by atoms with van der Waals surface area (Å²) in [4.78, 5) is 0. The van der Waals surface area contributed by atoms with Crippen molar-refractivity contribution in [2.75, 3.05) is 0 Å². The minimum Gasteiger partial charge on any atom is -0.312 e. The van der Waals surface area contributed by atoms with Crippen molar-refractivity contribution >= 4 is 32.3 Å². The highest BCUT2D eigenvalue weighted by Crippen LogP contribution is 2.39. The molecule has 0 spiro atoms. The first-order valence-corrected chi connectivity index (χ1v) is 10.6. The molecule has 3 aromatic carbocycles. The molecular weight excluding hydrogens is 358 g/mol. The van der Waals surface area contributed by atoms with Crippen molar-refractivity contribution in [1.29, 1.82) is 0 Å². The molecule has 0 N–H and O–H groups in total. The maximum absolute atomic E-state index is 2.47. The summed E-state index contributed by atoms with van der Waals surface area (Å²) in [7, 11) is 0. The second kappa shape index (κ2) is 6.35. The van der Waals surface area contributed by atoms with Crippen LogP contribution in [0.3, 0.4) is 0 Å².